The first-order valence-corrected chi connectivity index (χ1v) is 10.2. The molecule has 4 rings (SSSR count). The van der Waals surface area contributed by atoms with Crippen molar-refractivity contribution in [1.82, 2.24) is 14.8 Å². The molecule has 3 aromatic rings. The lowest BCUT2D eigenvalue weighted by Crippen LogP contribution is -2.36. The molecule has 0 aliphatic carbocycles. The fourth-order valence-electron chi connectivity index (χ4n) is 3.72. The summed E-state index contributed by atoms with van der Waals surface area (Å²) < 4.78 is 1.72. The van der Waals surface area contributed by atoms with Gasteiger partial charge in [-0.3, -0.25) is 4.79 Å². The molecule has 3 heterocycles. The Bertz CT molecular complexity index is 1140. The molecular weight excluding hydrogens is 392 g/mol. The maximum absolute atomic E-state index is 12.8. The van der Waals surface area contributed by atoms with Crippen LogP contribution in [0.2, 0.25) is 0 Å². The standard InChI is InChI=1S/C23H24N6O2/c1-15-3-5-19(6-4-15)29-16(2)21(14-26-29)23(31)27-18-11-17(12-24)22(25-13-18)28-9-7-20(30)8-10-28/h3-6,11,13-14,20,30H,7-10H2,1-2H3,(H,27,31). The number of nitrogens with zero attached hydrogens (tertiary/aromatic N) is 5. The lowest BCUT2D eigenvalue weighted by Gasteiger charge is -2.31. The van der Waals surface area contributed by atoms with Crippen LogP contribution in [0.1, 0.15) is 40.0 Å². The number of benzene rings is 1. The van der Waals surface area contributed by atoms with E-state index >= 15 is 0 Å². The van der Waals surface area contributed by atoms with E-state index in [1.165, 1.54) is 6.20 Å². The largest absolute Gasteiger partial charge is 0.393 e. The molecule has 2 N–H and O–H groups in total. The summed E-state index contributed by atoms with van der Waals surface area (Å²) >= 11 is 0. The second-order valence-corrected chi connectivity index (χ2v) is 7.77. The van der Waals surface area contributed by atoms with Crippen LogP contribution < -0.4 is 10.2 Å². The van der Waals surface area contributed by atoms with Crippen LogP contribution in [-0.2, 0) is 0 Å². The maximum atomic E-state index is 12.8. The number of pyridine rings is 1. The van der Waals surface area contributed by atoms with E-state index in [0.29, 0.717) is 48.6 Å². The van der Waals surface area contributed by atoms with Crippen LogP contribution in [0, 0.1) is 25.2 Å². The van der Waals surface area contributed by atoms with Crippen molar-refractivity contribution < 1.29 is 9.90 Å². The Labute approximate surface area is 180 Å². The number of piperidine rings is 1. The first-order chi connectivity index (χ1) is 15.0. The topological polar surface area (TPSA) is 107 Å². The highest BCUT2D eigenvalue weighted by Gasteiger charge is 2.21. The number of nitrogens with one attached hydrogen (secondary N) is 1. The Morgan fingerprint density at radius 1 is 1.19 bits per heavy atom. The molecule has 0 atom stereocenters. The lowest BCUT2D eigenvalue weighted by molar-refractivity contribution is 0.102. The Morgan fingerprint density at radius 3 is 2.58 bits per heavy atom. The normalized spacial score (nSPS) is 14.3. The molecule has 0 bridgehead atoms. The molecule has 1 amide bonds. The molecule has 8 nitrogen and oxygen atoms in total. The van der Waals surface area contributed by atoms with Crippen molar-refractivity contribution in [3.63, 3.8) is 0 Å². The van der Waals surface area contributed by atoms with E-state index in [2.05, 4.69) is 21.5 Å². The van der Waals surface area contributed by atoms with Gasteiger partial charge in [0.1, 0.15) is 11.9 Å². The molecule has 1 aliphatic rings. The van der Waals surface area contributed by atoms with Crippen LogP contribution in [0.25, 0.3) is 5.69 Å². The first kappa shape index (κ1) is 20.6. The van der Waals surface area contributed by atoms with Crippen molar-refractivity contribution in [2.24, 2.45) is 0 Å². The zero-order valence-corrected chi connectivity index (χ0v) is 17.5. The number of nitriles is 1. The number of aromatic nitrogens is 3. The van der Waals surface area contributed by atoms with E-state index in [1.807, 2.05) is 43.0 Å². The average molecular weight is 416 g/mol. The molecule has 8 heteroatoms. The fraction of sp³-hybridized carbons (Fsp3) is 0.304. The monoisotopic (exact) mass is 416 g/mol. The SMILES string of the molecule is Cc1ccc(-n2ncc(C(=O)Nc3cnc(N4CCC(O)CC4)c(C#N)c3)c2C)cc1. The zero-order chi connectivity index (χ0) is 22.0. The second kappa shape index (κ2) is 8.58. The van der Waals surface area contributed by atoms with E-state index in [1.54, 1.807) is 16.9 Å². The van der Waals surface area contributed by atoms with Crippen LogP contribution in [0.15, 0.2) is 42.7 Å². The first-order valence-electron chi connectivity index (χ1n) is 10.2. The number of aliphatic hydroxyl groups excluding tert-OH is 1. The third-order valence-electron chi connectivity index (χ3n) is 5.54. The highest BCUT2D eigenvalue weighted by Crippen LogP contribution is 2.24. The summed E-state index contributed by atoms with van der Waals surface area (Å²) in [4.78, 5) is 19.2. The molecule has 31 heavy (non-hydrogen) atoms. The minimum Gasteiger partial charge on any atom is -0.393 e. The molecule has 0 radical (unpaired) electrons. The molecular formula is C23H24N6O2. The van der Waals surface area contributed by atoms with Gasteiger partial charge in [0.25, 0.3) is 5.91 Å². The molecule has 1 fully saturated rings. The number of hydrogen-bond acceptors (Lipinski definition) is 6. The van der Waals surface area contributed by atoms with Crippen molar-refractivity contribution in [2.75, 3.05) is 23.3 Å². The second-order valence-electron chi connectivity index (χ2n) is 7.77. The molecule has 1 aromatic carbocycles. The molecule has 1 aliphatic heterocycles. The number of carbonyl (C=O) groups is 1. The molecule has 0 unspecified atom stereocenters. The molecule has 0 saturated carbocycles. The van der Waals surface area contributed by atoms with Gasteiger partial charge >= 0.3 is 0 Å². The Hall–Kier alpha value is -3.70. The predicted octanol–water partition coefficient (Wildman–Crippen LogP) is 2.97. The van der Waals surface area contributed by atoms with Crippen LogP contribution in [0.3, 0.4) is 0 Å². The van der Waals surface area contributed by atoms with Gasteiger partial charge in [0.15, 0.2) is 0 Å². The smallest absolute Gasteiger partial charge is 0.259 e. The van der Waals surface area contributed by atoms with Crippen LogP contribution >= 0.6 is 0 Å². The number of hydrogen-bond donors (Lipinski definition) is 2. The van der Waals surface area contributed by atoms with Crippen molar-refractivity contribution >= 4 is 17.4 Å². The lowest BCUT2D eigenvalue weighted by atomic mass is 10.1. The molecule has 0 spiro atoms. The van der Waals surface area contributed by atoms with Gasteiger partial charge in [0.2, 0.25) is 0 Å². The summed E-state index contributed by atoms with van der Waals surface area (Å²) in [6.07, 6.45) is 4.09. The minimum atomic E-state index is -0.310. The highest BCUT2D eigenvalue weighted by atomic mass is 16.3. The van der Waals surface area contributed by atoms with Gasteiger partial charge in [0, 0.05) is 13.1 Å². The quantitative estimate of drug-likeness (QED) is 0.677. The third-order valence-corrected chi connectivity index (χ3v) is 5.54. The van der Waals surface area contributed by atoms with E-state index in [4.69, 9.17) is 0 Å². The predicted molar refractivity (Wildman–Crippen MR) is 117 cm³/mol. The van der Waals surface area contributed by atoms with Crippen molar-refractivity contribution in [3.8, 4) is 11.8 Å². The minimum absolute atomic E-state index is 0.301. The third kappa shape index (κ3) is 4.27. The Morgan fingerprint density at radius 2 is 1.90 bits per heavy atom. The van der Waals surface area contributed by atoms with Gasteiger partial charge in [0.05, 0.1) is 46.7 Å². The highest BCUT2D eigenvalue weighted by molar-refractivity contribution is 6.05. The number of aliphatic hydroxyl groups is 1. The molecule has 1 saturated heterocycles. The van der Waals surface area contributed by atoms with Gasteiger partial charge in [-0.25, -0.2) is 9.67 Å². The van der Waals surface area contributed by atoms with Crippen molar-refractivity contribution in [3.05, 3.63) is 65.1 Å². The van der Waals surface area contributed by atoms with E-state index < -0.39 is 0 Å². The number of rotatable bonds is 4. The van der Waals surface area contributed by atoms with Crippen molar-refractivity contribution in [1.29, 1.82) is 5.26 Å². The Balaban J connectivity index is 1.52. The molecule has 158 valence electrons. The maximum Gasteiger partial charge on any atom is 0.259 e. The summed E-state index contributed by atoms with van der Waals surface area (Å²) in [5, 5.41) is 26.4. The molecule has 2 aromatic heterocycles. The van der Waals surface area contributed by atoms with Gasteiger partial charge < -0.3 is 15.3 Å². The number of amides is 1. The van der Waals surface area contributed by atoms with Gasteiger partial charge in [-0.05, 0) is 44.9 Å². The van der Waals surface area contributed by atoms with E-state index in [0.717, 1.165) is 16.9 Å². The van der Waals surface area contributed by atoms with Crippen LogP contribution in [-0.4, -0.2) is 45.0 Å². The summed E-state index contributed by atoms with van der Waals surface area (Å²) in [6, 6.07) is 11.7. The van der Waals surface area contributed by atoms with Gasteiger partial charge in [-0.1, -0.05) is 17.7 Å². The average Bonchev–Trinajstić information content (AvgIpc) is 3.16. The van der Waals surface area contributed by atoms with E-state index in [-0.39, 0.29) is 12.0 Å². The summed E-state index contributed by atoms with van der Waals surface area (Å²) in [7, 11) is 0. The summed E-state index contributed by atoms with van der Waals surface area (Å²) in [5.74, 6) is 0.270. The van der Waals surface area contributed by atoms with Gasteiger partial charge in [-0.2, -0.15) is 10.4 Å². The van der Waals surface area contributed by atoms with Crippen LogP contribution in [0.4, 0.5) is 11.5 Å². The number of anilines is 2. The summed E-state index contributed by atoms with van der Waals surface area (Å²) in [5.41, 5.74) is 4.04. The zero-order valence-electron chi connectivity index (χ0n) is 17.5. The number of carbonyl (C=O) groups excluding carboxylic acids is 1. The summed E-state index contributed by atoms with van der Waals surface area (Å²) in [6.45, 7) is 5.15. The van der Waals surface area contributed by atoms with E-state index in [9.17, 15) is 15.2 Å². The van der Waals surface area contributed by atoms with Crippen LogP contribution in [0.5, 0.6) is 0 Å². The number of aryl methyl sites for hydroxylation is 1. The Kier molecular flexibility index (Phi) is 5.69. The van der Waals surface area contributed by atoms with Crippen molar-refractivity contribution in [2.45, 2.75) is 32.8 Å². The van der Waals surface area contributed by atoms with Gasteiger partial charge in [-0.15, -0.1) is 0 Å². The fourth-order valence-corrected chi connectivity index (χ4v) is 3.72.